The van der Waals surface area contributed by atoms with Gasteiger partial charge in [0.05, 0.1) is 10.4 Å². The second-order valence-corrected chi connectivity index (χ2v) is 6.19. The minimum atomic E-state index is -4.48. The van der Waals surface area contributed by atoms with Crippen molar-refractivity contribution in [3.63, 3.8) is 0 Å². The Morgan fingerprint density at radius 2 is 1.89 bits per heavy atom. The molecular formula is C17H9F3N4O2S. The van der Waals surface area contributed by atoms with E-state index in [0.717, 1.165) is 17.0 Å². The Hall–Kier alpha value is -3.27. The van der Waals surface area contributed by atoms with Crippen molar-refractivity contribution in [2.24, 2.45) is 0 Å². The zero-order chi connectivity index (χ0) is 18.9. The van der Waals surface area contributed by atoms with Crippen LogP contribution in [0.15, 0.2) is 58.7 Å². The summed E-state index contributed by atoms with van der Waals surface area (Å²) < 4.78 is 49.3. The van der Waals surface area contributed by atoms with Gasteiger partial charge < -0.3 is 9.26 Å². The fourth-order valence-electron chi connectivity index (χ4n) is 2.22. The summed E-state index contributed by atoms with van der Waals surface area (Å²) >= 11 is 1.43. The molecule has 0 N–H and O–H groups in total. The smallest absolute Gasteiger partial charge is 0.416 e. The molecule has 0 atom stereocenters. The number of hydrogen-bond acceptors (Lipinski definition) is 7. The molecule has 10 heteroatoms. The van der Waals surface area contributed by atoms with Gasteiger partial charge in [-0.05, 0) is 29.6 Å². The summed E-state index contributed by atoms with van der Waals surface area (Å²) in [5.41, 5.74) is -0.675. The van der Waals surface area contributed by atoms with Crippen LogP contribution in [0.1, 0.15) is 5.56 Å². The van der Waals surface area contributed by atoms with Crippen LogP contribution < -0.4 is 4.74 Å². The molecule has 6 nitrogen and oxygen atoms in total. The molecular weight excluding hydrogens is 381 g/mol. The van der Waals surface area contributed by atoms with E-state index < -0.39 is 11.7 Å². The SMILES string of the molecule is FC(F)(F)c1cccc(Oc2nccnc2-c2noc(-c3cccs3)n2)c1. The molecule has 0 aliphatic heterocycles. The fraction of sp³-hybridized carbons (Fsp3) is 0.0588. The van der Waals surface area contributed by atoms with Crippen LogP contribution in [0.5, 0.6) is 11.6 Å². The second-order valence-electron chi connectivity index (χ2n) is 5.24. The molecule has 0 saturated heterocycles. The molecule has 0 aliphatic carbocycles. The predicted molar refractivity (Wildman–Crippen MR) is 90.2 cm³/mol. The number of benzene rings is 1. The van der Waals surface area contributed by atoms with E-state index in [1.165, 1.54) is 35.9 Å². The lowest BCUT2D eigenvalue weighted by molar-refractivity contribution is -0.137. The molecule has 3 aromatic heterocycles. The molecule has 0 radical (unpaired) electrons. The lowest BCUT2D eigenvalue weighted by Crippen LogP contribution is -2.04. The summed E-state index contributed by atoms with van der Waals surface area (Å²) in [5.74, 6) is 0.355. The van der Waals surface area contributed by atoms with Gasteiger partial charge in [0.25, 0.3) is 5.89 Å². The molecule has 0 amide bonds. The van der Waals surface area contributed by atoms with Crippen LogP contribution in [0.25, 0.3) is 22.3 Å². The maximum Gasteiger partial charge on any atom is 0.416 e. The Morgan fingerprint density at radius 3 is 2.67 bits per heavy atom. The first-order chi connectivity index (χ1) is 13.0. The average molecular weight is 390 g/mol. The highest BCUT2D eigenvalue weighted by molar-refractivity contribution is 7.13. The van der Waals surface area contributed by atoms with Crippen molar-refractivity contribution in [1.82, 2.24) is 20.1 Å². The monoisotopic (exact) mass is 390 g/mol. The predicted octanol–water partition coefficient (Wildman–Crippen LogP) is 5.07. The molecule has 3 heterocycles. The molecule has 4 aromatic rings. The van der Waals surface area contributed by atoms with Gasteiger partial charge in [-0.25, -0.2) is 9.97 Å². The normalized spacial score (nSPS) is 11.5. The van der Waals surface area contributed by atoms with E-state index in [1.54, 1.807) is 0 Å². The topological polar surface area (TPSA) is 73.9 Å². The maximum atomic E-state index is 12.9. The molecule has 136 valence electrons. The molecule has 0 bridgehead atoms. The third-order valence-electron chi connectivity index (χ3n) is 3.41. The molecule has 0 aliphatic rings. The first kappa shape index (κ1) is 17.2. The first-order valence-corrected chi connectivity index (χ1v) is 8.43. The summed E-state index contributed by atoms with van der Waals surface area (Å²) in [6, 6.07) is 8.13. The van der Waals surface area contributed by atoms with Gasteiger partial charge in [-0.1, -0.05) is 17.3 Å². The van der Waals surface area contributed by atoms with Gasteiger partial charge >= 0.3 is 6.18 Å². The number of aromatic nitrogens is 4. The zero-order valence-electron chi connectivity index (χ0n) is 13.3. The quantitative estimate of drug-likeness (QED) is 0.485. The van der Waals surface area contributed by atoms with Crippen LogP contribution in [0.4, 0.5) is 13.2 Å². The van der Waals surface area contributed by atoms with Crippen LogP contribution in [-0.4, -0.2) is 20.1 Å². The van der Waals surface area contributed by atoms with Crippen molar-refractivity contribution in [1.29, 1.82) is 0 Å². The van der Waals surface area contributed by atoms with Crippen LogP contribution >= 0.6 is 11.3 Å². The maximum absolute atomic E-state index is 12.9. The number of nitrogens with zero attached hydrogens (tertiary/aromatic N) is 4. The molecule has 4 rings (SSSR count). The van der Waals surface area contributed by atoms with Gasteiger partial charge in [0.2, 0.25) is 11.7 Å². The number of alkyl halides is 3. The molecule has 0 spiro atoms. The third-order valence-corrected chi connectivity index (χ3v) is 4.27. The number of rotatable bonds is 4. The van der Waals surface area contributed by atoms with Crippen LogP contribution in [0, 0.1) is 0 Å². The average Bonchev–Trinajstić information content (AvgIpc) is 3.33. The van der Waals surface area contributed by atoms with E-state index in [2.05, 4.69) is 20.1 Å². The van der Waals surface area contributed by atoms with Gasteiger partial charge in [0, 0.05) is 12.4 Å². The van der Waals surface area contributed by atoms with E-state index >= 15 is 0 Å². The van der Waals surface area contributed by atoms with Gasteiger partial charge in [0.1, 0.15) is 5.75 Å². The summed E-state index contributed by atoms with van der Waals surface area (Å²) in [5, 5.41) is 5.72. The molecule has 0 fully saturated rings. The highest BCUT2D eigenvalue weighted by Gasteiger charge is 2.30. The Kier molecular flexibility index (Phi) is 4.32. The van der Waals surface area contributed by atoms with E-state index in [0.29, 0.717) is 5.89 Å². The zero-order valence-corrected chi connectivity index (χ0v) is 14.2. The highest BCUT2D eigenvalue weighted by Crippen LogP contribution is 2.34. The minimum absolute atomic E-state index is 0.0321. The minimum Gasteiger partial charge on any atom is -0.437 e. The molecule has 27 heavy (non-hydrogen) atoms. The van der Waals surface area contributed by atoms with Crippen molar-refractivity contribution >= 4 is 11.3 Å². The third kappa shape index (κ3) is 3.65. The number of halogens is 3. The largest absolute Gasteiger partial charge is 0.437 e. The molecule has 0 unspecified atom stereocenters. The summed E-state index contributed by atoms with van der Waals surface area (Å²) in [6.45, 7) is 0. The summed E-state index contributed by atoms with van der Waals surface area (Å²) in [4.78, 5) is 13.2. The van der Waals surface area contributed by atoms with E-state index in [9.17, 15) is 13.2 Å². The van der Waals surface area contributed by atoms with Crippen molar-refractivity contribution in [3.8, 4) is 33.9 Å². The Bertz CT molecular complexity index is 1060. The standard InChI is InChI=1S/C17H9F3N4O2S/c18-17(19,20)10-3-1-4-11(9-10)25-16-13(21-6-7-22-16)14-23-15(26-24-14)12-5-2-8-27-12/h1-9H. The lowest BCUT2D eigenvalue weighted by atomic mass is 10.2. The number of ether oxygens (including phenoxy) is 1. The Labute approximate surface area is 154 Å². The van der Waals surface area contributed by atoms with Crippen LogP contribution in [0.3, 0.4) is 0 Å². The van der Waals surface area contributed by atoms with Crippen molar-refractivity contribution in [2.45, 2.75) is 6.18 Å². The van der Waals surface area contributed by atoms with Crippen molar-refractivity contribution < 1.29 is 22.4 Å². The summed E-state index contributed by atoms with van der Waals surface area (Å²) in [6.07, 6.45) is -1.73. The fourth-order valence-corrected chi connectivity index (χ4v) is 2.87. The van der Waals surface area contributed by atoms with Gasteiger partial charge in [-0.3, -0.25) is 0 Å². The van der Waals surface area contributed by atoms with Crippen molar-refractivity contribution in [2.75, 3.05) is 0 Å². The molecule has 1 aromatic carbocycles. The van der Waals surface area contributed by atoms with Crippen LogP contribution in [0.2, 0.25) is 0 Å². The second kappa shape index (κ2) is 6.80. The highest BCUT2D eigenvalue weighted by atomic mass is 32.1. The van der Waals surface area contributed by atoms with Crippen LogP contribution in [-0.2, 0) is 6.18 Å². The number of hydrogen-bond donors (Lipinski definition) is 0. The Morgan fingerprint density at radius 1 is 1.04 bits per heavy atom. The van der Waals surface area contributed by atoms with Gasteiger partial charge in [-0.2, -0.15) is 18.2 Å². The lowest BCUT2D eigenvalue weighted by Gasteiger charge is -2.10. The van der Waals surface area contributed by atoms with Crippen molar-refractivity contribution in [3.05, 3.63) is 59.7 Å². The van der Waals surface area contributed by atoms with Gasteiger partial charge in [0.15, 0.2) is 5.69 Å². The van der Waals surface area contributed by atoms with Gasteiger partial charge in [-0.15, -0.1) is 11.3 Å². The Balaban J connectivity index is 1.66. The van der Waals surface area contributed by atoms with E-state index in [1.807, 2.05) is 17.5 Å². The van der Waals surface area contributed by atoms with E-state index in [4.69, 9.17) is 9.26 Å². The number of thiophene rings is 1. The summed E-state index contributed by atoms with van der Waals surface area (Å²) in [7, 11) is 0. The molecule has 0 saturated carbocycles. The van der Waals surface area contributed by atoms with E-state index in [-0.39, 0.29) is 23.1 Å². The first-order valence-electron chi connectivity index (χ1n) is 7.55.